The van der Waals surface area contributed by atoms with Gasteiger partial charge in [-0.2, -0.15) is 0 Å². The quantitative estimate of drug-likeness (QED) is 0.654. The van der Waals surface area contributed by atoms with Crippen LogP contribution in [0.4, 0.5) is 0 Å². The number of rotatable bonds is 7. The van der Waals surface area contributed by atoms with Gasteiger partial charge in [0, 0.05) is 51.6 Å². The lowest BCUT2D eigenvalue weighted by molar-refractivity contribution is -0.146. The minimum Gasteiger partial charge on any atom is -0.355 e. The number of hydrogen-bond acceptors (Lipinski definition) is 4. The van der Waals surface area contributed by atoms with E-state index in [9.17, 15) is 14.4 Å². The molecule has 0 atom stereocenters. The summed E-state index contributed by atoms with van der Waals surface area (Å²) in [5.41, 5.74) is -0.137. The first kappa shape index (κ1) is 21.6. The Morgan fingerprint density at radius 3 is 2.07 bits per heavy atom. The van der Waals surface area contributed by atoms with Crippen LogP contribution in [0.15, 0.2) is 0 Å². The fraction of sp³-hybridized carbons (Fsp3) is 0.870. The second-order valence-electron chi connectivity index (χ2n) is 10.6. The summed E-state index contributed by atoms with van der Waals surface area (Å²) in [5, 5.41) is 6.21. The van der Waals surface area contributed by atoms with Crippen molar-refractivity contribution in [3.63, 3.8) is 0 Å². The molecule has 168 valence electrons. The van der Waals surface area contributed by atoms with Gasteiger partial charge in [0.2, 0.25) is 17.7 Å². The van der Waals surface area contributed by atoms with Crippen molar-refractivity contribution in [3.05, 3.63) is 0 Å². The molecule has 0 aromatic heterocycles. The summed E-state index contributed by atoms with van der Waals surface area (Å²) in [5.74, 6) is 2.60. The van der Waals surface area contributed by atoms with Crippen LogP contribution >= 0.6 is 0 Å². The van der Waals surface area contributed by atoms with Crippen LogP contribution in [-0.4, -0.2) is 73.8 Å². The van der Waals surface area contributed by atoms with Gasteiger partial charge in [-0.25, -0.2) is 0 Å². The maximum Gasteiger partial charge on any atom is 0.236 e. The fourth-order valence-electron chi connectivity index (χ4n) is 6.73. The highest BCUT2D eigenvalue weighted by Crippen LogP contribution is 2.60. The van der Waals surface area contributed by atoms with Crippen molar-refractivity contribution in [1.82, 2.24) is 20.4 Å². The number of piperidine rings is 1. The molecule has 0 unspecified atom stereocenters. The zero-order chi connectivity index (χ0) is 21.3. The number of amides is 3. The van der Waals surface area contributed by atoms with Gasteiger partial charge >= 0.3 is 0 Å². The maximum absolute atomic E-state index is 13.0. The van der Waals surface area contributed by atoms with Gasteiger partial charge < -0.3 is 15.5 Å². The van der Waals surface area contributed by atoms with Crippen molar-refractivity contribution >= 4 is 17.7 Å². The van der Waals surface area contributed by atoms with E-state index in [0.717, 1.165) is 62.9 Å². The summed E-state index contributed by atoms with van der Waals surface area (Å²) in [6, 6.07) is 0.169. The molecule has 30 heavy (non-hydrogen) atoms. The first-order chi connectivity index (χ1) is 14.3. The summed E-state index contributed by atoms with van der Waals surface area (Å²) in [6.45, 7) is 2.53. The number of likely N-dealkylation sites (N-methyl/N-ethyl adjacent to an activating group) is 1. The monoisotopic (exact) mass is 418 g/mol. The lowest BCUT2D eigenvalue weighted by Crippen LogP contribution is -2.54. The standard InChI is InChI=1S/C23H38N4O3/c1-26(2)21(29)15-27-7-4-19(5-8-27)25-20(28)3-6-24-22(30)23-12-16-9-17(13-23)11-18(10-16)14-23/h16-19H,3-15H2,1-2H3,(H,24,30)(H,25,28). The molecule has 7 heteroatoms. The Balaban J connectivity index is 1.14. The van der Waals surface area contributed by atoms with Crippen LogP contribution in [-0.2, 0) is 14.4 Å². The molecule has 2 N–H and O–H groups in total. The Morgan fingerprint density at radius 2 is 1.53 bits per heavy atom. The third kappa shape index (κ3) is 4.82. The summed E-state index contributed by atoms with van der Waals surface area (Å²) >= 11 is 0. The molecule has 5 aliphatic rings. The van der Waals surface area contributed by atoms with Crippen molar-refractivity contribution < 1.29 is 14.4 Å². The lowest BCUT2D eigenvalue weighted by atomic mass is 9.49. The molecule has 1 saturated heterocycles. The van der Waals surface area contributed by atoms with Crippen molar-refractivity contribution in [2.24, 2.45) is 23.2 Å². The highest BCUT2D eigenvalue weighted by atomic mass is 16.2. The van der Waals surface area contributed by atoms with E-state index in [2.05, 4.69) is 15.5 Å². The molecule has 4 saturated carbocycles. The molecule has 0 aromatic rings. The van der Waals surface area contributed by atoms with Gasteiger partial charge in [-0.1, -0.05) is 0 Å². The number of nitrogens with zero attached hydrogens (tertiary/aromatic N) is 2. The van der Waals surface area contributed by atoms with Crippen LogP contribution in [0.2, 0.25) is 0 Å². The van der Waals surface area contributed by atoms with E-state index in [1.165, 1.54) is 19.3 Å². The lowest BCUT2D eigenvalue weighted by Gasteiger charge is -2.55. The third-order valence-electron chi connectivity index (χ3n) is 7.97. The molecule has 1 heterocycles. The predicted octanol–water partition coefficient (Wildman–Crippen LogP) is 1.38. The number of carbonyl (C=O) groups excluding carboxylic acids is 3. The average Bonchev–Trinajstić information content (AvgIpc) is 2.68. The summed E-state index contributed by atoms with van der Waals surface area (Å²) < 4.78 is 0. The SMILES string of the molecule is CN(C)C(=O)CN1CCC(NC(=O)CCNC(=O)C23CC4CC(CC(C4)C2)C3)CC1. The van der Waals surface area contributed by atoms with Crippen molar-refractivity contribution in [3.8, 4) is 0 Å². The van der Waals surface area contributed by atoms with Crippen LogP contribution in [0.3, 0.4) is 0 Å². The Hall–Kier alpha value is -1.63. The van der Waals surface area contributed by atoms with Crippen LogP contribution < -0.4 is 10.6 Å². The zero-order valence-corrected chi connectivity index (χ0v) is 18.6. The molecule has 5 fully saturated rings. The summed E-state index contributed by atoms with van der Waals surface area (Å²) in [7, 11) is 3.55. The van der Waals surface area contributed by atoms with Crippen LogP contribution in [0.25, 0.3) is 0 Å². The Kier molecular flexibility index (Phi) is 6.37. The Bertz CT molecular complexity index is 634. The highest BCUT2D eigenvalue weighted by molar-refractivity contribution is 5.84. The first-order valence-corrected chi connectivity index (χ1v) is 11.8. The van der Waals surface area contributed by atoms with Gasteiger partial charge in [0.25, 0.3) is 0 Å². The van der Waals surface area contributed by atoms with E-state index in [-0.39, 0.29) is 29.2 Å². The van der Waals surface area contributed by atoms with Crippen LogP contribution in [0.1, 0.15) is 57.8 Å². The van der Waals surface area contributed by atoms with Gasteiger partial charge in [-0.3, -0.25) is 19.3 Å². The molecule has 4 bridgehead atoms. The van der Waals surface area contributed by atoms with E-state index < -0.39 is 0 Å². The number of likely N-dealkylation sites (tertiary alicyclic amines) is 1. The van der Waals surface area contributed by atoms with E-state index in [4.69, 9.17) is 0 Å². The summed E-state index contributed by atoms with van der Waals surface area (Å²) in [6.07, 6.45) is 9.25. The molecule has 0 aromatic carbocycles. The smallest absolute Gasteiger partial charge is 0.236 e. The minimum atomic E-state index is -0.137. The molecule has 5 rings (SSSR count). The van der Waals surface area contributed by atoms with Gasteiger partial charge in [0.15, 0.2) is 0 Å². The van der Waals surface area contributed by atoms with E-state index in [0.29, 0.717) is 19.5 Å². The van der Waals surface area contributed by atoms with Crippen molar-refractivity contribution in [1.29, 1.82) is 0 Å². The third-order valence-corrected chi connectivity index (χ3v) is 7.97. The topological polar surface area (TPSA) is 81.8 Å². The molecule has 7 nitrogen and oxygen atoms in total. The van der Waals surface area contributed by atoms with E-state index >= 15 is 0 Å². The van der Waals surface area contributed by atoms with Crippen LogP contribution in [0, 0.1) is 23.2 Å². The molecule has 0 spiro atoms. The van der Waals surface area contributed by atoms with Crippen molar-refractivity contribution in [2.45, 2.75) is 63.8 Å². The normalized spacial score (nSPS) is 33.3. The highest BCUT2D eigenvalue weighted by Gasteiger charge is 2.54. The molecular weight excluding hydrogens is 380 g/mol. The maximum atomic E-state index is 13.0. The van der Waals surface area contributed by atoms with Gasteiger partial charge in [-0.15, -0.1) is 0 Å². The summed E-state index contributed by atoms with van der Waals surface area (Å²) in [4.78, 5) is 40.9. The second kappa shape index (κ2) is 8.85. The van der Waals surface area contributed by atoms with Crippen LogP contribution in [0.5, 0.6) is 0 Å². The molecule has 4 aliphatic carbocycles. The van der Waals surface area contributed by atoms with Crippen molar-refractivity contribution in [2.75, 3.05) is 40.3 Å². The minimum absolute atomic E-state index is 0.0172. The average molecular weight is 419 g/mol. The Morgan fingerprint density at radius 1 is 0.967 bits per heavy atom. The molecule has 0 radical (unpaired) electrons. The van der Waals surface area contributed by atoms with Gasteiger partial charge in [-0.05, 0) is 69.1 Å². The van der Waals surface area contributed by atoms with Gasteiger partial charge in [0.05, 0.1) is 6.54 Å². The Labute approximate surface area is 180 Å². The van der Waals surface area contributed by atoms with E-state index in [1.54, 1.807) is 19.0 Å². The first-order valence-electron chi connectivity index (χ1n) is 11.8. The fourth-order valence-corrected chi connectivity index (χ4v) is 6.73. The zero-order valence-electron chi connectivity index (χ0n) is 18.6. The van der Waals surface area contributed by atoms with Gasteiger partial charge in [0.1, 0.15) is 0 Å². The van der Waals surface area contributed by atoms with E-state index in [1.807, 2.05) is 0 Å². The number of nitrogens with one attached hydrogen (secondary N) is 2. The molecular formula is C23H38N4O3. The largest absolute Gasteiger partial charge is 0.355 e. The predicted molar refractivity (Wildman–Crippen MR) is 115 cm³/mol. The molecule has 3 amide bonds. The molecule has 1 aliphatic heterocycles. The number of hydrogen-bond donors (Lipinski definition) is 2. The number of carbonyl (C=O) groups is 3. The second-order valence-corrected chi connectivity index (χ2v) is 10.6.